The first-order valence-corrected chi connectivity index (χ1v) is 11.1. The number of thioether (sulfide) groups is 1. The molecule has 3 aromatic rings. The summed E-state index contributed by atoms with van der Waals surface area (Å²) < 4.78 is 37.9. The quantitative estimate of drug-likeness (QED) is 0.536. The Morgan fingerprint density at radius 1 is 1.10 bits per heavy atom. The molecule has 0 saturated carbocycles. The zero-order valence-corrected chi connectivity index (χ0v) is 17.6. The molecule has 1 aliphatic rings. The summed E-state index contributed by atoms with van der Waals surface area (Å²) >= 11 is 1.51. The molecule has 1 atom stereocenters. The van der Waals surface area contributed by atoms with Crippen LogP contribution in [0, 0.1) is 0 Å². The second-order valence-electron chi connectivity index (χ2n) is 7.61. The second kappa shape index (κ2) is 8.89. The lowest BCUT2D eigenvalue weighted by Gasteiger charge is -2.39. The van der Waals surface area contributed by atoms with E-state index in [0.717, 1.165) is 56.1 Å². The highest BCUT2D eigenvalue weighted by atomic mass is 32.2. The van der Waals surface area contributed by atoms with E-state index in [0.29, 0.717) is 11.1 Å². The first kappa shape index (κ1) is 21.1. The van der Waals surface area contributed by atoms with Gasteiger partial charge >= 0.3 is 6.18 Å². The van der Waals surface area contributed by atoms with Gasteiger partial charge < -0.3 is 9.88 Å². The molecule has 0 bridgehead atoms. The van der Waals surface area contributed by atoms with E-state index in [4.69, 9.17) is 0 Å². The molecule has 30 heavy (non-hydrogen) atoms. The Bertz CT molecular complexity index is 962. The van der Waals surface area contributed by atoms with Crippen molar-refractivity contribution in [3.05, 3.63) is 54.4 Å². The number of anilines is 1. The summed E-state index contributed by atoms with van der Waals surface area (Å²) in [7, 11) is 0. The summed E-state index contributed by atoms with van der Waals surface area (Å²) in [6, 6.07) is 11.5. The SMILES string of the molecule is CC(CCSc1ccc(C(F)(F)F)cn1)N1CCN(c2cccc3[nH]ccc23)CC1. The Hall–Kier alpha value is -2.19. The summed E-state index contributed by atoms with van der Waals surface area (Å²) in [6.07, 6.45) is -0.466. The highest BCUT2D eigenvalue weighted by molar-refractivity contribution is 7.99. The van der Waals surface area contributed by atoms with Crippen LogP contribution in [0.2, 0.25) is 0 Å². The third-order valence-electron chi connectivity index (χ3n) is 5.70. The van der Waals surface area contributed by atoms with Gasteiger partial charge in [0.1, 0.15) is 0 Å². The predicted molar refractivity (Wildman–Crippen MR) is 116 cm³/mol. The van der Waals surface area contributed by atoms with Gasteiger partial charge in [0.25, 0.3) is 0 Å². The maximum absolute atomic E-state index is 12.6. The lowest BCUT2D eigenvalue weighted by molar-refractivity contribution is -0.137. The molecule has 1 saturated heterocycles. The number of aromatic nitrogens is 2. The Balaban J connectivity index is 1.25. The number of aromatic amines is 1. The van der Waals surface area contributed by atoms with Crippen molar-refractivity contribution in [2.75, 3.05) is 36.8 Å². The first-order chi connectivity index (χ1) is 14.4. The molecule has 1 aromatic carbocycles. The number of alkyl halides is 3. The van der Waals surface area contributed by atoms with Crippen LogP contribution in [-0.2, 0) is 6.18 Å². The normalized spacial score (nSPS) is 16.9. The minimum Gasteiger partial charge on any atom is -0.368 e. The molecule has 1 aliphatic heterocycles. The predicted octanol–water partition coefficient (Wildman–Crippen LogP) is 5.27. The fourth-order valence-corrected chi connectivity index (χ4v) is 4.86. The van der Waals surface area contributed by atoms with Crippen LogP contribution < -0.4 is 4.90 Å². The fraction of sp³-hybridized carbons (Fsp3) is 0.409. The molecule has 0 aliphatic carbocycles. The van der Waals surface area contributed by atoms with E-state index in [2.05, 4.69) is 51.0 Å². The van der Waals surface area contributed by atoms with Crippen molar-refractivity contribution in [2.24, 2.45) is 0 Å². The van der Waals surface area contributed by atoms with E-state index >= 15 is 0 Å². The lowest BCUT2D eigenvalue weighted by atomic mass is 10.1. The first-order valence-electron chi connectivity index (χ1n) is 10.1. The van der Waals surface area contributed by atoms with Crippen molar-refractivity contribution in [2.45, 2.75) is 30.6 Å². The Kier molecular flexibility index (Phi) is 6.24. The van der Waals surface area contributed by atoms with Crippen LogP contribution in [0.4, 0.5) is 18.9 Å². The third kappa shape index (κ3) is 4.75. The molecular formula is C22H25F3N4S. The van der Waals surface area contributed by atoms with Crippen molar-refractivity contribution in [1.82, 2.24) is 14.9 Å². The topological polar surface area (TPSA) is 35.2 Å². The number of nitrogens with one attached hydrogen (secondary N) is 1. The molecule has 4 rings (SSSR count). The van der Waals surface area contributed by atoms with Crippen LogP contribution in [0.25, 0.3) is 10.9 Å². The number of fused-ring (bicyclic) bond motifs is 1. The van der Waals surface area contributed by atoms with Gasteiger partial charge in [-0.05, 0) is 43.7 Å². The molecule has 3 heterocycles. The summed E-state index contributed by atoms with van der Waals surface area (Å²) in [4.78, 5) is 12.2. The highest BCUT2D eigenvalue weighted by Gasteiger charge is 2.30. The number of H-pyrrole nitrogens is 1. The van der Waals surface area contributed by atoms with Gasteiger partial charge in [-0.3, -0.25) is 4.90 Å². The largest absolute Gasteiger partial charge is 0.417 e. The van der Waals surface area contributed by atoms with Crippen molar-refractivity contribution < 1.29 is 13.2 Å². The number of nitrogens with zero attached hydrogens (tertiary/aromatic N) is 3. The summed E-state index contributed by atoms with van der Waals surface area (Å²) in [6.45, 7) is 6.21. The Labute approximate surface area is 178 Å². The summed E-state index contributed by atoms with van der Waals surface area (Å²) in [5, 5.41) is 1.90. The minimum absolute atomic E-state index is 0.428. The molecule has 1 unspecified atom stereocenters. The van der Waals surface area contributed by atoms with E-state index in [9.17, 15) is 13.2 Å². The Morgan fingerprint density at radius 3 is 2.60 bits per heavy atom. The average Bonchev–Trinajstić information content (AvgIpc) is 3.22. The molecular weight excluding hydrogens is 409 g/mol. The van der Waals surface area contributed by atoms with Gasteiger partial charge in [-0.2, -0.15) is 13.2 Å². The number of halogens is 3. The van der Waals surface area contributed by atoms with Gasteiger partial charge in [0.05, 0.1) is 10.6 Å². The minimum atomic E-state index is -4.33. The van der Waals surface area contributed by atoms with Crippen molar-refractivity contribution >= 4 is 28.4 Å². The van der Waals surface area contributed by atoms with E-state index in [1.807, 2.05) is 6.20 Å². The van der Waals surface area contributed by atoms with Gasteiger partial charge in [-0.1, -0.05) is 6.07 Å². The number of benzene rings is 1. The third-order valence-corrected chi connectivity index (χ3v) is 6.68. The van der Waals surface area contributed by atoms with E-state index in [1.54, 1.807) is 0 Å². The van der Waals surface area contributed by atoms with Crippen LogP contribution in [0.5, 0.6) is 0 Å². The zero-order chi connectivity index (χ0) is 21.1. The number of piperazine rings is 1. The number of hydrogen-bond acceptors (Lipinski definition) is 4. The van der Waals surface area contributed by atoms with Crippen molar-refractivity contribution in [3.8, 4) is 0 Å². The molecule has 2 aromatic heterocycles. The monoisotopic (exact) mass is 434 g/mol. The van der Waals surface area contributed by atoms with Gasteiger partial charge in [0, 0.05) is 67.0 Å². The molecule has 0 amide bonds. The number of hydrogen-bond donors (Lipinski definition) is 1. The van der Waals surface area contributed by atoms with E-state index in [1.165, 1.54) is 28.9 Å². The van der Waals surface area contributed by atoms with Gasteiger partial charge in [-0.25, -0.2) is 4.98 Å². The smallest absolute Gasteiger partial charge is 0.368 e. The zero-order valence-electron chi connectivity index (χ0n) is 16.8. The van der Waals surface area contributed by atoms with Crippen molar-refractivity contribution in [3.63, 3.8) is 0 Å². The molecule has 1 fully saturated rings. The van der Waals surface area contributed by atoms with E-state index in [-0.39, 0.29) is 0 Å². The van der Waals surface area contributed by atoms with Crippen LogP contribution >= 0.6 is 11.8 Å². The molecule has 1 N–H and O–H groups in total. The molecule has 0 radical (unpaired) electrons. The van der Waals surface area contributed by atoms with Gasteiger partial charge in [0.2, 0.25) is 0 Å². The van der Waals surface area contributed by atoms with Crippen LogP contribution in [-0.4, -0.2) is 52.8 Å². The highest BCUT2D eigenvalue weighted by Crippen LogP contribution is 2.30. The van der Waals surface area contributed by atoms with Crippen LogP contribution in [0.3, 0.4) is 0 Å². The molecule has 0 spiro atoms. The maximum Gasteiger partial charge on any atom is 0.417 e. The average molecular weight is 435 g/mol. The van der Waals surface area contributed by atoms with Gasteiger partial charge in [0.15, 0.2) is 0 Å². The second-order valence-corrected chi connectivity index (χ2v) is 8.72. The van der Waals surface area contributed by atoms with E-state index < -0.39 is 11.7 Å². The van der Waals surface area contributed by atoms with Gasteiger partial charge in [-0.15, -0.1) is 11.8 Å². The van der Waals surface area contributed by atoms with Crippen LogP contribution in [0.15, 0.2) is 53.8 Å². The summed E-state index contributed by atoms with van der Waals surface area (Å²) in [5.41, 5.74) is 1.75. The lowest BCUT2D eigenvalue weighted by Crippen LogP contribution is -2.49. The standard InChI is InChI=1S/C22H25F3N4S/c1-16(8-14-30-21-6-5-17(15-27-21)22(23,24)25)28-10-12-29(13-11-28)20-4-2-3-19-18(20)7-9-26-19/h2-7,9,15-16,26H,8,10-14H2,1H3. The maximum atomic E-state index is 12.6. The Morgan fingerprint density at radius 2 is 1.90 bits per heavy atom. The number of pyridine rings is 1. The molecule has 4 nitrogen and oxygen atoms in total. The van der Waals surface area contributed by atoms with Crippen LogP contribution in [0.1, 0.15) is 18.9 Å². The number of rotatable bonds is 6. The molecule has 160 valence electrons. The molecule has 8 heteroatoms. The fourth-order valence-electron chi connectivity index (χ4n) is 3.90. The van der Waals surface area contributed by atoms with Crippen molar-refractivity contribution in [1.29, 1.82) is 0 Å². The summed E-state index contributed by atoms with van der Waals surface area (Å²) in [5.74, 6) is 0.836.